The summed E-state index contributed by atoms with van der Waals surface area (Å²) >= 11 is 0. The minimum atomic E-state index is -0.294. The normalized spacial score (nSPS) is 11.7. The van der Waals surface area contributed by atoms with Gasteiger partial charge in [-0.25, -0.2) is 4.98 Å². The molecule has 0 spiro atoms. The Balaban J connectivity index is 2.10. The Morgan fingerprint density at radius 2 is 2.21 bits per heavy atom. The van der Waals surface area contributed by atoms with Crippen LogP contribution < -0.4 is 10.1 Å². The Morgan fingerprint density at radius 3 is 2.89 bits per heavy atom. The molecule has 1 heterocycles. The number of anilines is 1. The summed E-state index contributed by atoms with van der Waals surface area (Å²) in [4.78, 5) is 20.0. The van der Waals surface area contributed by atoms with Crippen LogP contribution >= 0.6 is 0 Å². The van der Waals surface area contributed by atoms with Crippen LogP contribution in [0.5, 0.6) is 5.75 Å². The Labute approximate surface area is 111 Å². The number of amides is 1. The van der Waals surface area contributed by atoms with Gasteiger partial charge in [-0.2, -0.15) is 0 Å². The van der Waals surface area contributed by atoms with Crippen LogP contribution in [0.2, 0.25) is 0 Å². The van der Waals surface area contributed by atoms with Crippen molar-refractivity contribution >= 4 is 11.7 Å². The van der Waals surface area contributed by atoms with E-state index in [0.717, 1.165) is 11.3 Å². The van der Waals surface area contributed by atoms with Crippen molar-refractivity contribution in [2.75, 3.05) is 12.4 Å². The third-order valence-corrected chi connectivity index (χ3v) is 2.80. The van der Waals surface area contributed by atoms with Gasteiger partial charge in [-0.05, 0) is 24.6 Å². The van der Waals surface area contributed by atoms with E-state index in [1.807, 2.05) is 31.2 Å². The molecular formula is C14H15N3O2. The molecule has 1 aromatic heterocycles. The first-order chi connectivity index (χ1) is 9.20. The lowest BCUT2D eigenvalue weighted by atomic mass is 10.0. The maximum Gasteiger partial charge on any atom is 0.232 e. The Hall–Kier alpha value is -2.43. The predicted octanol–water partition coefficient (Wildman–Crippen LogP) is 2.23. The first-order valence-electron chi connectivity index (χ1n) is 5.91. The molecule has 1 amide bonds. The largest absolute Gasteiger partial charge is 0.497 e. The van der Waals surface area contributed by atoms with Crippen LogP contribution in [0.4, 0.5) is 5.82 Å². The van der Waals surface area contributed by atoms with Gasteiger partial charge >= 0.3 is 0 Å². The summed E-state index contributed by atoms with van der Waals surface area (Å²) < 4.78 is 5.15. The molecule has 0 saturated carbocycles. The zero-order chi connectivity index (χ0) is 13.7. The molecule has 98 valence electrons. The highest BCUT2D eigenvalue weighted by molar-refractivity contribution is 5.94. The lowest BCUT2D eigenvalue weighted by Gasteiger charge is -2.12. The Bertz CT molecular complexity index is 558. The van der Waals surface area contributed by atoms with Crippen LogP contribution in [-0.4, -0.2) is 23.0 Å². The van der Waals surface area contributed by atoms with Gasteiger partial charge in [0.2, 0.25) is 5.91 Å². The van der Waals surface area contributed by atoms with E-state index >= 15 is 0 Å². The molecule has 1 unspecified atom stereocenters. The zero-order valence-electron chi connectivity index (χ0n) is 10.8. The third-order valence-electron chi connectivity index (χ3n) is 2.80. The van der Waals surface area contributed by atoms with E-state index in [-0.39, 0.29) is 11.8 Å². The molecule has 1 N–H and O–H groups in total. The summed E-state index contributed by atoms with van der Waals surface area (Å²) in [5, 5.41) is 2.72. The van der Waals surface area contributed by atoms with Crippen molar-refractivity contribution in [1.82, 2.24) is 9.97 Å². The fourth-order valence-electron chi connectivity index (χ4n) is 1.66. The molecule has 0 saturated heterocycles. The van der Waals surface area contributed by atoms with E-state index in [0.29, 0.717) is 5.82 Å². The lowest BCUT2D eigenvalue weighted by molar-refractivity contribution is -0.117. The number of nitrogens with one attached hydrogen (secondary N) is 1. The fraction of sp³-hybridized carbons (Fsp3) is 0.214. The second kappa shape index (κ2) is 5.95. The van der Waals surface area contributed by atoms with E-state index in [9.17, 15) is 4.79 Å². The second-order valence-electron chi connectivity index (χ2n) is 4.08. The maximum absolute atomic E-state index is 12.1. The molecule has 1 aromatic carbocycles. The summed E-state index contributed by atoms with van der Waals surface area (Å²) in [6.07, 6.45) is 4.60. The summed E-state index contributed by atoms with van der Waals surface area (Å²) in [5.74, 6) is 0.754. The summed E-state index contributed by atoms with van der Waals surface area (Å²) in [6, 6.07) is 7.45. The molecule has 5 nitrogen and oxygen atoms in total. The standard InChI is InChI=1S/C14H15N3O2/c1-10(11-4-3-5-12(8-11)19-2)14(18)17-13-9-15-6-7-16-13/h3-10H,1-2H3,(H,16,17,18). The summed E-state index contributed by atoms with van der Waals surface area (Å²) in [7, 11) is 1.60. The van der Waals surface area contributed by atoms with Gasteiger partial charge in [-0.15, -0.1) is 0 Å². The van der Waals surface area contributed by atoms with Crippen molar-refractivity contribution in [3.63, 3.8) is 0 Å². The SMILES string of the molecule is COc1cccc(C(C)C(=O)Nc2cnccn2)c1. The van der Waals surface area contributed by atoms with Crippen LogP contribution in [0.15, 0.2) is 42.9 Å². The van der Waals surface area contributed by atoms with Crippen LogP contribution in [0.3, 0.4) is 0 Å². The molecule has 0 aliphatic rings. The van der Waals surface area contributed by atoms with Crippen LogP contribution in [0, 0.1) is 0 Å². The molecule has 2 rings (SSSR count). The minimum absolute atomic E-state index is 0.131. The molecule has 2 aromatic rings. The summed E-state index contributed by atoms with van der Waals surface area (Å²) in [5.41, 5.74) is 0.890. The average Bonchev–Trinajstić information content (AvgIpc) is 2.47. The predicted molar refractivity (Wildman–Crippen MR) is 72.1 cm³/mol. The second-order valence-corrected chi connectivity index (χ2v) is 4.08. The smallest absolute Gasteiger partial charge is 0.232 e. The number of carbonyl (C=O) groups is 1. The van der Waals surface area contributed by atoms with Gasteiger partial charge in [0.25, 0.3) is 0 Å². The first-order valence-corrected chi connectivity index (χ1v) is 5.91. The number of methoxy groups -OCH3 is 1. The monoisotopic (exact) mass is 257 g/mol. The molecule has 0 aliphatic carbocycles. The van der Waals surface area contributed by atoms with Crippen molar-refractivity contribution in [2.45, 2.75) is 12.8 Å². The molecule has 0 aliphatic heterocycles. The highest BCUT2D eigenvalue weighted by atomic mass is 16.5. The van der Waals surface area contributed by atoms with Gasteiger partial charge in [-0.1, -0.05) is 12.1 Å². The maximum atomic E-state index is 12.1. The highest BCUT2D eigenvalue weighted by Gasteiger charge is 2.16. The first kappa shape index (κ1) is 13.0. The van der Waals surface area contributed by atoms with E-state index in [1.165, 1.54) is 12.4 Å². The molecule has 0 radical (unpaired) electrons. The quantitative estimate of drug-likeness (QED) is 0.912. The fourth-order valence-corrected chi connectivity index (χ4v) is 1.66. The average molecular weight is 257 g/mol. The van der Waals surface area contributed by atoms with Crippen molar-refractivity contribution < 1.29 is 9.53 Å². The molecule has 1 atom stereocenters. The number of aromatic nitrogens is 2. The number of carbonyl (C=O) groups excluding carboxylic acids is 1. The topological polar surface area (TPSA) is 64.1 Å². The summed E-state index contributed by atoms with van der Waals surface area (Å²) in [6.45, 7) is 1.83. The van der Waals surface area contributed by atoms with Crippen LogP contribution in [0.1, 0.15) is 18.4 Å². The van der Waals surface area contributed by atoms with Gasteiger partial charge in [-0.3, -0.25) is 9.78 Å². The number of benzene rings is 1. The van der Waals surface area contributed by atoms with Crippen molar-refractivity contribution in [2.24, 2.45) is 0 Å². The van der Waals surface area contributed by atoms with Gasteiger partial charge in [0.05, 0.1) is 19.2 Å². The minimum Gasteiger partial charge on any atom is -0.497 e. The van der Waals surface area contributed by atoms with E-state index < -0.39 is 0 Å². The number of rotatable bonds is 4. The van der Waals surface area contributed by atoms with Gasteiger partial charge < -0.3 is 10.1 Å². The zero-order valence-corrected chi connectivity index (χ0v) is 10.8. The van der Waals surface area contributed by atoms with Crippen molar-refractivity contribution in [1.29, 1.82) is 0 Å². The van der Waals surface area contributed by atoms with Gasteiger partial charge in [0.1, 0.15) is 5.75 Å². The van der Waals surface area contributed by atoms with Crippen LogP contribution in [0.25, 0.3) is 0 Å². The van der Waals surface area contributed by atoms with E-state index in [1.54, 1.807) is 13.3 Å². The molecule has 5 heteroatoms. The van der Waals surface area contributed by atoms with Gasteiger partial charge in [0, 0.05) is 12.4 Å². The third kappa shape index (κ3) is 3.28. The van der Waals surface area contributed by atoms with E-state index in [4.69, 9.17) is 4.74 Å². The van der Waals surface area contributed by atoms with Crippen molar-refractivity contribution in [3.8, 4) is 5.75 Å². The van der Waals surface area contributed by atoms with Crippen LogP contribution in [-0.2, 0) is 4.79 Å². The van der Waals surface area contributed by atoms with E-state index in [2.05, 4.69) is 15.3 Å². The molecule has 0 bridgehead atoms. The lowest BCUT2D eigenvalue weighted by Crippen LogP contribution is -2.19. The Morgan fingerprint density at radius 1 is 1.37 bits per heavy atom. The molecular weight excluding hydrogens is 242 g/mol. The number of hydrogen-bond donors (Lipinski definition) is 1. The molecule has 0 fully saturated rings. The number of ether oxygens (including phenoxy) is 1. The number of hydrogen-bond acceptors (Lipinski definition) is 4. The highest BCUT2D eigenvalue weighted by Crippen LogP contribution is 2.21. The molecule has 19 heavy (non-hydrogen) atoms. The van der Waals surface area contributed by atoms with Gasteiger partial charge in [0.15, 0.2) is 5.82 Å². The Kier molecular flexibility index (Phi) is 4.07. The van der Waals surface area contributed by atoms with Crippen molar-refractivity contribution in [3.05, 3.63) is 48.4 Å². The number of nitrogens with zero attached hydrogens (tertiary/aromatic N) is 2.